The van der Waals surface area contributed by atoms with Crippen molar-refractivity contribution in [3.05, 3.63) is 19.4 Å². The lowest BCUT2D eigenvalue weighted by molar-refractivity contribution is 0.436. The van der Waals surface area contributed by atoms with Crippen molar-refractivity contribution in [1.29, 1.82) is 0 Å². The molecule has 1 unspecified atom stereocenters. The lowest BCUT2D eigenvalue weighted by Gasteiger charge is -2.24. The number of halogens is 1. The highest BCUT2D eigenvalue weighted by Crippen LogP contribution is 2.36. The van der Waals surface area contributed by atoms with E-state index in [-0.39, 0.29) is 0 Å². The van der Waals surface area contributed by atoms with E-state index in [4.69, 9.17) is 0 Å². The summed E-state index contributed by atoms with van der Waals surface area (Å²) < 4.78 is 1.44. The van der Waals surface area contributed by atoms with E-state index < -0.39 is 0 Å². The predicted molar refractivity (Wildman–Crippen MR) is 80.2 cm³/mol. The molecule has 0 fully saturated rings. The Morgan fingerprint density at radius 1 is 1.56 bits per heavy atom. The first kappa shape index (κ1) is 12.8. The summed E-state index contributed by atoms with van der Waals surface area (Å²) in [6.07, 6.45) is 5.25. The highest BCUT2D eigenvalue weighted by atomic mass is 127. The second-order valence-electron chi connectivity index (χ2n) is 5.01. The molecule has 1 aromatic heterocycles. The molecular formula is C13H20INS. The topological polar surface area (TPSA) is 12.0 Å². The van der Waals surface area contributed by atoms with Gasteiger partial charge in [0.15, 0.2) is 0 Å². The van der Waals surface area contributed by atoms with Crippen LogP contribution in [-0.2, 0) is 6.42 Å². The Bertz CT molecular complexity index is 346. The molecule has 0 saturated heterocycles. The Kier molecular flexibility index (Phi) is 4.67. The third-order valence-corrected chi connectivity index (χ3v) is 5.17. The van der Waals surface area contributed by atoms with Gasteiger partial charge in [-0.15, -0.1) is 11.3 Å². The van der Waals surface area contributed by atoms with Gasteiger partial charge >= 0.3 is 0 Å². The molecule has 1 nitrogen and oxygen atoms in total. The van der Waals surface area contributed by atoms with Gasteiger partial charge in [0.1, 0.15) is 0 Å². The summed E-state index contributed by atoms with van der Waals surface area (Å²) in [4.78, 5) is 1.62. The maximum Gasteiger partial charge on any atom is 0.0659 e. The van der Waals surface area contributed by atoms with Gasteiger partial charge in [0.25, 0.3) is 0 Å². The normalized spacial score (nSPS) is 20.1. The maximum atomic E-state index is 3.73. The van der Waals surface area contributed by atoms with E-state index in [2.05, 4.69) is 47.8 Å². The number of thiophene rings is 1. The third kappa shape index (κ3) is 3.20. The van der Waals surface area contributed by atoms with Gasteiger partial charge in [-0.3, -0.25) is 0 Å². The van der Waals surface area contributed by atoms with Gasteiger partial charge < -0.3 is 5.32 Å². The van der Waals surface area contributed by atoms with Crippen LogP contribution in [0.15, 0.2) is 6.07 Å². The van der Waals surface area contributed by atoms with E-state index >= 15 is 0 Å². The average Bonchev–Trinajstić information content (AvgIpc) is 2.58. The second kappa shape index (κ2) is 5.83. The number of hydrogen-bond donors (Lipinski definition) is 1. The van der Waals surface area contributed by atoms with Gasteiger partial charge in [0.2, 0.25) is 0 Å². The zero-order valence-electron chi connectivity index (χ0n) is 10.1. The number of nitrogens with one attached hydrogen (secondary N) is 1. The largest absolute Gasteiger partial charge is 0.310 e. The molecule has 0 aromatic carbocycles. The molecule has 2 rings (SSSR count). The molecule has 1 N–H and O–H groups in total. The van der Waals surface area contributed by atoms with Crippen molar-refractivity contribution in [3.63, 3.8) is 0 Å². The van der Waals surface area contributed by atoms with Crippen molar-refractivity contribution in [3.8, 4) is 0 Å². The molecule has 1 aliphatic carbocycles. The first-order valence-electron chi connectivity index (χ1n) is 6.18. The van der Waals surface area contributed by atoms with Crippen molar-refractivity contribution >= 4 is 33.9 Å². The summed E-state index contributed by atoms with van der Waals surface area (Å²) in [6.45, 7) is 5.75. The van der Waals surface area contributed by atoms with Gasteiger partial charge in [-0.25, -0.2) is 0 Å². The molecule has 1 aliphatic rings. The van der Waals surface area contributed by atoms with Crippen LogP contribution < -0.4 is 5.32 Å². The molecule has 3 heteroatoms. The molecule has 0 amide bonds. The Morgan fingerprint density at radius 2 is 2.38 bits per heavy atom. The smallest absolute Gasteiger partial charge is 0.0659 e. The Balaban J connectivity index is 1.96. The zero-order chi connectivity index (χ0) is 11.5. The molecule has 0 saturated carbocycles. The van der Waals surface area contributed by atoms with E-state index in [0.29, 0.717) is 6.04 Å². The lowest BCUT2D eigenvalue weighted by Crippen LogP contribution is -2.25. The van der Waals surface area contributed by atoms with Gasteiger partial charge in [-0.2, -0.15) is 0 Å². The van der Waals surface area contributed by atoms with Gasteiger partial charge in [0.05, 0.1) is 2.88 Å². The van der Waals surface area contributed by atoms with E-state index in [0.717, 1.165) is 12.5 Å². The zero-order valence-corrected chi connectivity index (χ0v) is 13.0. The van der Waals surface area contributed by atoms with E-state index in [1.165, 1.54) is 28.6 Å². The van der Waals surface area contributed by atoms with Crippen LogP contribution in [0.5, 0.6) is 0 Å². The predicted octanol–water partition coefficient (Wildman–Crippen LogP) is 4.37. The summed E-state index contributed by atoms with van der Waals surface area (Å²) in [5, 5.41) is 3.73. The van der Waals surface area contributed by atoms with Crippen LogP contribution in [0.25, 0.3) is 0 Å². The fraction of sp³-hybridized carbons (Fsp3) is 0.692. The van der Waals surface area contributed by atoms with Crippen LogP contribution in [-0.4, -0.2) is 6.54 Å². The summed E-state index contributed by atoms with van der Waals surface area (Å²) in [6, 6.07) is 3.01. The Labute approximate surface area is 116 Å². The van der Waals surface area contributed by atoms with Crippen molar-refractivity contribution in [1.82, 2.24) is 5.32 Å². The van der Waals surface area contributed by atoms with Crippen LogP contribution in [0.2, 0.25) is 0 Å². The Morgan fingerprint density at radius 3 is 3.12 bits per heavy atom. The van der Waals surface area contributed by atoms with Gasteiger partial charge in [-0.1, -0.05) is 13.8 Å². The molecule has 0 aliphatic heterocycles. The van der Waals surface area contributed by atoms with Crippen LogP contribution in [0.1, 0.15) is 49.6 Å². The summed E-state index contributed by atoms with van der Waals surface area (Å²) in [5.74, 6) is 0.804. The van der Waals surface area contributed by atoms with Crippen molar-refractivity contribution < 1.29 is 0 Å². The highest BCUT2D eigenvalue weighted by molar-refractivity contribution is 14.1. The Hall–Kier alpha value is 0.390. The molecule has 1 aromatic rings. The minimum absolute atomic E-state index is 0.627. The number of hydrogen-bond acceptors (Lipinski definition) is 2. The highest BCUT2D eigenvalue weighted by Gasteiger charge is 2.21. The van der Waals surface area contributed by atoms with Crippen LogP contribution >= 0.6 is 33.9 Å². The first-order chi connectivity index (χ1) is 7.66. The molecule has 1 heterocycles. The van der Waals surface area contributed by atoms with Crippen LogP contribution in [0.3, 0.4) is 0 Å². The molecule has 0 bridgehead atoms. The number of fused-ring (bicyclic) bond motifs is 1. The molecule has 0 spiro atoms. The molecule has 1 atom stereocenters. The number of rotatable bonds is 4. The number of aryl methyl sites for hydroxylation is 1. The summed E-state index contributed by atoms with van der Waals surface area (Å²) in [7, 11) is 0. The van der Waals surface area contributed by atoms with Crippen molar-refractivity contribution in [2.45, 2.75) is 45.6 Å². The van der Waals surface area contributed by atoms with Crippen molar-refractivity contribution in [2.75, 3.05) is 6.54 Å². The van der Waals surface area contributed by atoms with Crippen LogP contribution in [0.4, 0.5) is 0 Å². The minimum atomic E-state index is 0.627. The van der Waals surface area contributed by atoms with Crippen molar-refractivity contribution in [2.24, 2.45) is 5.92 Å². The minimum Gasteiger partial charge on any atom is -0.310 e. The average molecular weight is 349 g/mol. The van der Waals surface area contributed by atoms with E-state index in [9.17, 15) is 0 Å². The SMILES string of the molecule is CC(C)CCNC1CCCc2sc(I)cc21. The molecular weight excluding hydrogens is 329 g/mol. The maximum absolute atomic E-state index is 3.73. The monoisotopic (exact) mass is 349 g/mol. The molecule has 0 radical (unpaired) electrons. The first-order valence-corrected chi connectivity index (χ1v) is 8.08. The summed E-state index contributed by atoms with van der Waals surface area (Å²) in [5.41, 5.74) is 1.59. The van der Waals surface area contributed by atoms with Gasteiger partial charge in [-0.05, 0) is 72.4 Å². The third-order valence-electron chi connectivity index (χ3n) is 3.20. The lowest BCUT2D eigenvalue weighted by atomic mass is 9.94. The van der Waals surface area contributed by atoms with E-state index in [1.54, 1.807) is 10.4 Å². The standard InChI is InChI=1S/C13H20INS/c1-9(2)6-7-15-11-4-3-5-12-10(11)8-13(14)16-12/h8-9,11,15H,3-7H2,1-2H3. The molecule has 90 valence electrons. The molecule has 16 heavy (non-hydrogen) atoms. The summed E-state index contributed by atoms with van der Waals surface area (Å²) >= 11 is 4.43. The quantitative estimate of drug-likeness (QED) is 0.796. The second-order valence-corrected chi connectivity index (χ2v) is 8.04. The van der Waals surface area contributed by atoms with Gasteiger partial charge in [0, 0.05) is 10.9 Å². The fourth-order valence-electron chi connectivity index (χ4n) is 2.28. The van der Waals surface area contributed by atoms with Crippen LogP contribution in [0, 0.1) is 8.80 Å². The van der Waals surface area contributed by atoms with E-state index in [1.807, 2.05) is 11.3 Å². The fourth-order valence-corrected chi connectivity index (χ4v) is 4.40.